The predicted octanol–water partition coefficient (Wildman–Crippen LogP) is 5.19. The van der Waals surface area contributed by atoms with Crippen molar-refractivity contribution in [2.45, 2.75) is 69.7 Å². The summed E-state index contributed by atoms with van der Waals surface area (Å²) in [7, 11) is 0. The molecule has 2 N–H and O–H groups in total. The van der Waals surface area contributed by atoms with Crippen molar-refractivity contribution in [2.75, 3.05) is 6.54 Å². The standard InChI is InChI=1S/C28H35N3O2/c29-27-30-28(23-16-8-3-9-17-23,24-18-10-4-11-19-24)26(33)31(27)21-13-5-12-20-25(32)22-14-6-1-2-7-15-22/h3-4,8-11,16-19,22H,1-2,5-7,12-15,20-21H2,(H2,29,30). The van der Waals surface area contributed by atoms with Gasteiger partial charge < -0.3 is 5.73 Å². The van der Waals surface area contributed by atoms with Crippen molar-refractivity contribution in [1.82, 2.24) is 4.90 Å². The lowest BCUT2D eigenvalue weighted by atomic mass is 9.83. The van der Waals surface area contributed by atoms with Gasteiger partial charge in [-0.25, -0.2) is 4.99 Å². The maximum atomic E-state index is 13.7. The monoisotopic (exact) mass is 445 g/mol. The molecule has 1 fully saturated rings. The highest BCUT2D eigenvalue weighted by atomic mass is 16.2. The van der Waals surface area contributed by atoms with E-state index >= 15 is 0 Å². The van der Waals surface area contributed by atoms with Crippen LogP contribution < -0.4 is 5.73 Å². The summed E-state index contributed by atoms with van der Waals surface area (Å²) in [4.78, 5) is 32.7. The third-order valence-corrected chi connectivity index (χ3v) is 7.11. The average molecular weight is 446 g/mol. The molecule has 1 aliphatic carbocycles. The molecule has 0 aromatic heterocycles. The number of Topliss-reactive ketones (excluding diaryl/α,β-unsaturated/α-hetero) is 1. The minimum Gasteiger partial charge on any atom is -0.369 e. The molecule has 33 heavy (non-hydrogen) atoms. The van der Waals surface area contributed by atoms with E-state index in [1.807, 2.05) is 60.7 Å². The molecule has 1 saturated carbocycles. The summed E-state index contributed by atoms with van der Waals surface area (Å²) >= 11 is 0. The Morgan fingerprint density at radius 3 is 2.03 bits per heavy atom. The lowest BCUT2D eigenvalue weighted by molar-refractivity contribution is -0.130. The van der Waals surface area contributed by atoms with Gasteiger partial charge in [-0.05, 0) is 36.8 Å². The molecular weight excluding hydrogens is 410 g/mol. The number of hydrogen-bond donors (Lipinski definition) is 1. The number of amides is 1. The van der Waals surface area contributed by atoms with E-state index in [4.69, 9.17) is 10.7 Å². The van der Waals surface area contributed by atoms with E-state index in [2.05, 4.69) is 0 Å². The van der Waals surface area contributed by atoms with Gasteiger partial charge in [0.2, 0.25) is 0 Å². The number of aliphatic imine (C=N–C) groups is 1. The van der Waals surface area contributed by atoms with E-state index in [0.29, 0.717) is 18.7 Å². The van der Waals surface area contributed by atoms with Crippen LogP contribution in [0.1, 0.15) is 75.3 Å². The van der Waals surface area contributed by atoms with Crippen LogP contribution in [-0.2, 0) is 15.1 Å². The Bertz CT molecular complexity index is 924. The van der Waals surface area contributed by atoms with Gasteiger partial charge in [-0.2, -0.15) is 0 Å². The average Bonchev–Trinajstić information content (AvgIpc) is 3.02. The van der Waals surface area contributed by atoms with E-state index in [-0.39, 0.29) is 17.8 Å². The second-order valence-corrected chi connectivity index (χ2v) is 9.33. The fraction of sp³-hybridized carbons (Fsp3) is 0.464. The molecular formula is C28H35N3O2. The lowest BCUT2D eigenvalue weighted by Crippen LogP contribution is -2.44. The summed E-state index contributed by atoms with van der Waals surface area (Å²) in [6, 6.07) is 19.3. The Hall–Kier alpha value is -2.95. The Kier molecular flexibility index (Phi) is 7.58. The van der Waals surface area contributed by atoms with Crippen LogP contribution in [-0.4, -0.2) is 29.1 Å². The first-order valence-electron chi connectivity index (χ1n) is 12.4. The van der Waals surface area contributed by atoms with Crippen molar-refractivity contribution < 1.29 is 9.59 Å². The molecule has 1 amide bonds. The number of nitrogens with zero attached hydrogens (tertiary/aromatic N) is 2. The van der Waals surface area contributed by atoms with Gasteiger partial charge in [0, 0.05) is 18.9 Å². The van der Waals surface area contributed by atoms with Crippen molar-refractivity contribution >= 4 is 17.6 Å². The van der Waals surface area contributed by atoms with Gasteiger partial charge in [-0.15, -0.1) is 0 Å². The fourth-order valence-corrected chi connectivity index (χ4v) is 5.25. The molecule has 174 valence electrons. The quantitative estimate of drug-likeness (QED) is 0.426. The number of carbonyl (C=O) groups excluding carboxylic acids is 2. The number of carbonyl (C=O) groups is 2. The van der Waals surface area contributed by atoms with Crippen LogP contribution in [0.15, 0.2) is 65.7 Å². The predicted molar refractivity (Wildman–Crippen MR) is 132 cm³/mol. The van der Waals surface area contributed by atoms with Gasteiger partial charge in [-0.1, -0.05) is 92.8 Å². The number of guanidine groups is 1. The highest BCUT2D eigenvalue weighted by Gasteiger charge is 2.50. The van der Waals surface area contributed by atoms with Crippen LogP contribution in [0.4, 0.5) is 0 Å². The first-order chi connectivity index (χ1) is 16.1. The number of nitrogens with two attached hydrogens (primary N) is 1. The van der Waals surface area contributed by atoms with Crippen molar-refractivity contribution in [3.63, 3.8) is 0 Å². The molecule has 2 aromatic rings. The van der Waals surface area contributed by atoms with Gasteiger partial charge in [-0.3, -0.25) is 14.5 Å². The molecule has 1 aliphatic heterocycles. The number of rotatable bonds is 9. The highest BCUT2D eigenvalue weighted by Crippen LogP contribution is 2.39. The number of hydrogen-bond acceptors (Lipinski definition) is 4. The maximum absolute atomic E-state index is 13.7. The van der Waals surface area contributed by atoms with E-state index in [1.54, 1.807) is 4.90 Å². The minimum absolute atomic E-state index is 0.105. The molecule has 0 spiro atoms. The van der Waals surface area contributed by atoms with Gasteiger partial charge in [0.1, 0.15) is 5.78 Å². The molecule has 0 saturated heterocycles. The number of unbranched alkanes of at least 4 members (excludes halogenated alkanes) is 2. The van der Waals surface area contributed by atoms with Gasteiger partial charge in [0.25, 0.3) is 5.91 Å². The Labute approximate surface area is 197 Å². The van der Waals surface area contributed by atoms with Crippen molar-refractivity contribution in [3.05, 3.63) is 71.8 Å². The second-order valence-electron chi connectivity index (χ2n) is 9.33. The van der Waals surface area contributed by atoms with Gasteiger partial charge >= 0.3 is 0 Å². The summed E-state index contributed by atoms with van der Waals surface area (Å²) in [6.45, 7) is 0.521. The number of ketones is 1. The molecule has 2 aromatic carbocycles. The van der Waals surface area contributed by atoms with Crippen LogP contribution in [0.3, 0.4) is 0 Å². The number of benzene rings is 2. The Morgan fingerprint density at radius 1 is 0.879 bits per heavy atom. The van der Waals surface area contributed by atoms with Crippen molar-refractivity contribution in [3.8, 4) is 0 Å². The van der Waals surface area contributed by atoms with Crippen molar-refractivity contribution in [2.24, 2.45) is 16.6 Å². The molecule has 4 rings (SSSR count). The third-order valence-electron chi connectivity index (χ3n) is 7.11. The summed E-state index contributed by atoms with van der Waals surface area (Å²) in [5, 5.41) is 0. The SMILES string of the molecule is NC1=NC(c2ccccc2)(c2ccccc2)C(=O)N1CCCCCC(=O)C1CCCCCC1. The second kappa shape index (κ2) is 10.8. The molecule has 1 heterocycles. The smallest absolute Gasteiger partial charge is 0.266 e. The van der Waals surface area contributed by atoms with Crippen LogP contribution in [0.2, 0.25) is 0 Å². The van der Waals surface area contributed by atoms with Crippen LogP contribution in [0.25, 0.3) is 0 Å². The summed E-state index contributed by atoms with van der Waals surface area (Å²) in [5.41, 5.74) is 6.80. The van der Waals surface area contributed by atoms with E-state index in [9.17, 15) is 9.59 Å². The van der Waals surface area contributed by atoms with E-state index in [0.717, 1.165) is 43.2 Å². The molecule has 0 unspecified atom stereocenters. The van der Waals surface area contributed by atoms with Crippen LogP contribution >= 0.6 is 0 Å². The lowest BCUT2D eigenvalue weighted by Gasteiger charge is -2.27. The van der Waals surface area contributed by atoms with E-state index in [1.165, 1.54) is 25.7 Å². The topological polar surface area (TPSA) is 75.8 Å². The first kappa shape index (κ1) is 23.2. The normalized spacial score (nSPS) is 18.7. The zero-order chi connectivity index (χ0) is 23.1. The molecule has 5 nitrogen and oxygen atoms in total. The Morgan fingerprint density at radius 2 is 1.45 bits per heavy atom. The zero-order valence-electron chi connectivity index (χ0n) is 19.4. The minimum atomic E-state index is -1.14. The summed E-state index contributed by atoms with van der Waals surface area (Å²) in [5.74, 6) is 0.865. The third kappa shape index (κ3) is 5.02. The fourth-order valence-electron chi connectivity index (χ4n) is 5.25. The van der Waals surface area contributed by atoms with Gasteiger partial charge in [0.05, 0.1) is 0 Å². The summed E-state index contributed by atoms with van der Waals surface area (Å²) < 4.78 is 0. The summed E-state index contributed by atoms with van der Waals surface area (Å²) in [6.07, 6.45) is 10.3. The highest BCUT2D eigenvalue weighted by molar-refractivity contribution is 6.09. The first-order valence-corrected chi connectivity index (χ1v) is 12.4. The van der Waals surface area contributed by atoms with E-state index < -0.39 is 5.54 Å². The molecule has 0 radical (unpaired) electrons. The maximum Gasteiger partial charge on any atom is 0.266 e. The van der Waals surface area contributed by atoms with Crippen LogP contribution in [0.5, 0.6) is 0 Å². The molecule has 0 atom stereocenters. The van der Waals surface area contributed by atoms with Crippen molar-refractivity contribution in [1.29, 1.82) is 0 Å². The molecule has 2 aliphatic rings. The zero-order valence-corrected chi connectivity index (χ0v) is 19.4. The van der Waals surface area contributed by atoms with Gasteiger partial charge in [0.15, 0.2) is 11.5 Å². The molecule has 0 bridgehead atoms. The largest absolute Gasteiger partial charge is 0.369 e. The van der Waals surface area contributed by atoms with Crippen LogP contribution in [0, 0.1) is 5.92 Å². The Balaban J connectivity index is 1.37. The molecule has 5 heteroatoms.